The van der Waals surface area contributed by atoms with Gasteiger partial charge in [-0.3, -0.25) is 0 Å². The molecule has 0 aromatic rings. The molecule has 0 aliphatic carbocycles. The molecule has 0 atom stereocenters. The quantitative estimate of drug-likeness (QED) is 0.301. The number of hydrogen-bond acceptors (Lipinski definition) is 1. The summed E-state index contributed by atoms with van der Waals surface area (Å²) in [6.45, 7) is 5.26. The molecule has 9 heavy (non-hydrogen) atoms. The maximum absolute atomic E-state index is 4.04. The van der Waals surface area contributed by atoms with Crippen molar-refractivity contribution < 1.29 is 0 Å². The van der Waals surface area contributed by atoms with Crippen LogP contribution in [0.25, 0.3) is 0 Å². The number of hydrogen-bond donors (Lipinski definition) is 0. The van der Waals surface area contributed by atoms with Crippen LogP contribution in [0.1, 0.15) is 6.92 Å². The zero-order chi connectivity index (χ0) is 7.28. The Morgan fingerprint density at radius 3 is 2.44 bits per heavy atom. The second-order valence-electron chi connectivity index (χ2n) is 1.15. The summed E-state index contributed by atoms with van der Waals surface area (Å²) in [5.41, 5.74) is 0. The smallest absolute Gasteiger partial charge is 0.191 e. The Labute approximate surface area is 81.8 Å². The molecule has 0 heterocycles. The van der Waals surface area contributed by atoms with E-state index in [0.717, 1.165) is 3.70 Å². The van der Waals surface area contributed by atoms with Crippen LogP contribution in [0.4, 0.5) is 0 Å². The Balaban J connectivity index is 4.11. The number of allylic oxidation sites excluding steroid dienone is 1. The fraction of sp³-hybridized carbons (Fsp3) is 0.200. The van der Waals surface area contributed by atoms with Crippen LogP contribution in [0.15, 0.2) is 19.8 Å². The highest BCUT2D eigenvalue weighted by atomic mass is 127. The van der Waals surface area contributed by atoms with E-state index in [1.807, 2.05) is 35.6 Å². The minimum atomic E-state index is 0.676. The summed E-state index contributed by atoms with van der Waals surface area (Å²) in [7, 11) is 0. The summed E-state index contributed by atoms with van der Waals surface area (Å²) in [5, 5.41) is 0. The van der Waals surface area contributed by atoms with Crippen molar-refractivity contribution in [3.63, 3.8) is 0 Å². The van der Waals surface area contributed by atoms with Gasteiger partial charge in [0, 0.05) is 22.6 Å². The Morgan fingerprint density at radius 1 is 1.56 bits per heavy atom. The van der Waals surface area contributed by atoms with E-state index in [0.29, 0.717) is 3.84 Å². The van der Waals surface area contributed by atoms with Crippen LogP contribution in [-0.4, -0.2) is 10.6 Å². The van der Waals surface area contributed by atoms with Crippen molar-refractivity contribution in [3.05, 3.63) is 9.78 Å². The maximum Gasteiger partial charge on any atom is 0.191 e. The van der Waals surface area contributed by atoms with Crippen LogP contribution in [0, 0.1) is 0 Å². The summed E-state index contributed by atoms with van der Waals surface area (Å²) in [5.74, 6) is 0. The average Bonchev–Trinajstić information content (AvgIpc) is 1.87. The van der Waals surface area contributed by atoms with Gasteiger partial charge in [-0.05, 0) is 36.2 Å². The standard InChI is InChI=1S/C5H6I2N2/c1-3-4(6)9-5(7)8-2/h3H,2H2,1H3/b4-3-,9-5?. The Hall–Kier alpha value is 0.540. The zero-order valence-corrected chi connectivity index (χ0v) is 9.25. The number of aliphatic imine (C=N–C) groups is 2. The number of rotatable bonds is 1. The Bertz CT molecular complexity index is 160. The minimum absolute atomic E-state index is 0.676. The molecule has 0 saturated carbocycles. The van der Waals surface area contributed by atoms with Gasteiger partial charge in [-0.2, -0.15) is 0 Å². The highest BCUT2D eigenvalue weighted by molar-refractivity contribution is 14.1. The van der Waals surface area contributed by atoms with Gasteiger partial charge >= 0.3 is 0 Å². The van der Waals surface area contributed by atoms with Crippen molar-refractivity contribution in [2.75, 3.05) is 0 Å². The van der Waals surface area contributed by atoms with Crippen LogP contribution in [0.5, 0.6) is 0 Å². The van der Waals surface area contributed by atoms with E-state index in [9.17, 15) is 0 Å². The molecule has 2 nitrogen and oxygen atoms in total. The third kappa shape index (κ3) is 5.01. The van der Waals surface area contributed by atoms with E-state index in [1.165, 1.54) is 0 Å². The molecular formula is C5H6I2N2. The molecule has 0 fully saturated rings. The van der Waals surface area contributed by atoms with Crippen LogP contribution < -0.4 is 0 Å². The molecule has 0 bridgehead atoms. The highest BCUT2D eigenvalue weighted by Crippen LogP contribution is 2.09. The van der Waals surface area contributed by atoms with Crippen LogP contribution in [0.2, 0.25) is 0 Å². The molecule has 0 aliphatic rings. The van der Waals surface area contributed by atoms with Crippen molar-refractivity contribution in [1.29, 1.82) is 0 Å². The van der Waals surface area contributed by atoms with Gasteiger partial charge in [0.05, 0.1) is 3.70 Å². The predicted octanol–water partition coefficient (Wildman–Crippen LogP) is 2.77. The maximum atomic E-state index is 4.04. The monoisotopic (exact) mass is 348 g/mol. The third-order valence-corrected chi connectivity index (χ3v) is 2.01. The largest absolute Gasteiger partial charge is 0.240 e. The van der Waals surface area contributed by atoms with Gasteiger partial charge in [0.25, 0.3) is 0 Å². The highest BCUT2D eigenvalue weighted by Gasteiger charge is 1.85. The molecule has 0 rings (SSSR count). The lowest BCUT2D eigenvalue weighted by Gasteiger charge is -1.86. The molecule has 50 valence electrons. The van der Waals surface area contributed by atoms with E-state index < -0.39 is 0 Å². The van der Waals surface area contributed by atoms with E-state index >= 15 is 0 Å². The van der Waals surface area contributed by atoms with Crippen molar-refractivity contribution in [3.8, 4) is 0 Å². The molecule has 0 aromatic heterocycles. The average molecular weight is 348 g/mol. The predicted molar refractivity (Wildman–Crippen MR) is 58.8 cm³/mol. The second-order valence-corrected chi connectivity index (χ2v) is 3.22. The lowest BCUT2D eigenvalue weighted by Crippen LogP contribution is -1.75. The number of amidine groups is 1. The molecule has 0 saturated heterocycles. The first-order valence-corrected chi connectivity index (χ1v) is 4.39. The minimum Gasteiger partial charge on any atom is -0.240 e. The first kappa shape index (κ1) is 9.54. The summed E-state index contributed by atoms with van der Waals surface area (Å²) in [6.07, 6.45) is 1.91. The second kappa shape index (κ2) is 5.33. The molecule has 0 radical (unpaired) electrons. The van der Waals surface area contributed by atoms with Gasteiger partial charge in [-0.1, -0.05) is 6.08 Å². The first-order valence-electron chi connectivity index (χ1n) is 2.23. The Morgan fingerprint density at radius 2 is 2.11 bits per heavy atom. The normalized spacial score (nSPS) is 13.7. The first-order chi connectivity index (χ1) is 4.20. The van der Waals surface area contributed by atoms with E-state index in [2.05, 4.69) is 39.3 Å². The third-order valence-electron chi connectivity index (χ3n) is 0.568. The molecule has 0 aliphatic heterocycles. The van der Waals surface area contributed by atoms with Gasteiger partial charge < -0.3 is 0 Å². The van der Waals surface area contributed by atoms with Crippen molar-refractivity contribution in [1.82, 2.24) is 0 Å². The number of nitrogens with zero attached hydrogens (tertiary/aromatic N) is 2. The van der Waals surface area contributed by atoms with Crippen molar-refractivity contribution >= 4 is 55.7 Å². The molecular weight excluding hydrogens is 342 g/mol. The van der Waals surface area contributed by atoms with E-state index in [4.69, 9.17) is 0 Å². The fourth-order valence-corrected chi connectivity index (χ4v) is 1.14. The summed E-state index contributed by atoms with van der Waals surface area (Å²) in [4.78, 5) is 7.65. The van der Waals surface area contributed by atoms with Crippen LogP contribution >= 0.6 is 45.2 Å². The van der Waals surface area contributed by atoms with Gasteiger partial charge in [0.2, 0.25) is 0 Å². The summed E-state index contributed by atoms with van der Waals surface area (Å²) >= 11 is 4.14. The molecule has 4 heteroatoms. The van der Waals surface area contributed by atoms with E-state index in [1.54, 1.807) is 0 Å². The zero-order valence-electron chi connectivity index (χ0n) is 4.93. The molecule has 0 N–H and O–H groups in total. The molecule has 0 spiro atoms. The Kier molecular flexibility index (Phi) is 5.65. The fourth-order valence-electron chi connectivity index (χ4n) is 0.188. The molecule has 0 amide bonds. The van der Waals surface area contributed by atoms with Gasteiger partial charge in [-0.25, -0.2) is 9.98 Å². The molecule has 0 aromatic carbocycles. The van der Waals surface area contributed by atoms with Gasteiger partial charge in [0.1, 0.15) is 0 Å². The lowest BCUT2D eigenvalue weighted by atomic mass is 10.7. The SMILES string of the molecule is C=NC(I)=N/C(I)=C\C. The van der Waals surface area contributed by atoms with Gasteiger partial charge in [-0.15, -0.1) is 0 Å². The van der Waals surface area contributed by atoms with Crippen molar-refractivity contribution in [2.45, 2.75) is 6.92 Å². The number of halogens is 2. The van der Waals surface area contributed by atoms with E-state index in [-0.39, 0.29) is 0 Å². The van der Waals surface area contributed by atoms with Crippen molar-refractivity contribution in [2.24, 2.45) is 9.98 Å². The topological polar surface area (TPSA) is 24.7 Å². The van der Waals surface area contributed by atoms with Gasteiger partial charge in [0.15, 0.2) is 3.84 Å². The van der Waals surface area contributed by atoms with Crippen LogP contribution in [0.3, 0.4) is 0 Å². The van der Waals surface area contributed by atoms with Crippen LogP contribution in [-0.2, 0) is 0 Å². The summed E-state index contributed by atoms with van der Waals surface area (Å²) in [6, 6.07) is 0. The molecule has 0 unspecified atom stereocenters. The lowest BCUT2D eigenvalue weighted by molar-refractivity contribution is 1.50. The summed E-state index contributed by atoms with van der Waals surface area (Å²) < 4.78 is 1.61.